The van der Waals surface area contributed by atoms with Crippen molar-refractivity contribution < 1.29 is 14.5 Å². The molecule has 0 bridgehead atoms. The Labute approximate surface area is 176 Å². The quantitative estimate of drug-likeness (QED) is 0.532. The second-order valence-electron chi connectivity index (χ2n) is 7.07. The van der Waals surface area contributed by atoms with Crippen molar-refractivity contribution in [2.24, 2.45) is 0 Å². The summed E-state index contributed by atoms with van der Waals surface area (Å²) >= 11 is 1.46. The van der Waals surface area contributed by atoms with Crippen LogP contribution in [0.1, 0.15) is 21.6 Å². The number of benzene rings is 2. The van der Waals surface area contributed by atoms with E-state index < -0.39 is 0 Å². The van der Waals surface area contributed by atoms with Crippen LogP contribution >= 0.6 is 11.3 Å². The molecule has 1 aliphatic heterocycles. The summed E-state index contributed by atoms with van der Waals surface area (Å²) in [7, 11) is 1.60. The fourth-order valence-electron chi connectivity index (χ4n) is 3.80. The summed E-state index contributed by atoms with van der Waals surface area (Å²) < 4.78 is 8.03. The number of aromatic nitrogens is 2. The van der Waals surface area contributed by atoms with E-state index in [2.05, 4.69) is 10.4 Å². The Morgan fingerprint density at radius 2 is 1.90 bits per heavy atom. The highest BCUT2D eigenvalue weighted by atomic mass is 32.1. The van der Waals surface area contributed by atoms with Gasteiger partial charge >= 0.3 is 11.0 Å². The van der Waals surface area contributed by atoms with E-state index in [1.165, 1.54) is 17.4 Å². The zero-order chi connectivity index (χ0) is 20.8. The molecule has 0 spiro atoms. The number of quaternary nitrogens is 1. The van der Waals surface area contributed by atoms with Gasteiger partial charge in [0, 0.05) is 17.3 Å². The molecular weight excluding hydrogens is 400 g/mol. The average Bonchev–Trinajstić information content (AvgIpc) is 3.32. The fourth-order valence-corrected chi connectivity index (χ4v) is 4.76. The molecule has 0 saturated heterocycles. The van der Waals surface area contributed by atoms with E-state index in [4.69, 9.17) is 4.74 Å². The van der Waals surface area contributed by atoms with Gasteiger partial charge in [-0.1, -0.05) is 41.7 Å². The third-order valence-electron chi connectivity index (χ3n) is 5.31. The Hall–Kier alpha value is -3.49. The highest BCUT2D eigenvalue weighted by Crippen LogP contribution is 2.27. The number of methoxy groups -OCH3 is 1. The Kier molecular flexibility index (Phi) is 4.38. The maximum atomic E-state index is 13.3. The normalized spacial score (nSPS) is 15.3. The Morgan fingerprint density at radius 1 is 1.13 bits per heavy atom. The first-order valence-electron chi connectivity index (χ1n) is 9.48. The van der Waals surface area contributed by atoms with Gasteiger partial charge in [0.15, 0.2) is 0 Å². The first-order valence-corrected chi connectivity index (χ1v) is 10.3. The number of hydrogen-bond donors (Lipinski definition) is 2. The van der Waals surface area contributed by atoms with Crippen LogP contribution in [-0.2, 0) is 6.54 Å². The van der Waals surface area contributed by atoms with E-state index in [0.29, 0.717) is 39.4 Å². The van der Waals surface area contributed by atoms with Crippen molar-refractivity contribution in [2.45, 2.75) is 13.5 Å². The van der Waals surface area contributed by atoms with Crippen LogP contribution in [0.25, 0.3) is 10.2 Å². The van der Waals surface area contributed by atoms with Crippen LogP contribution in [0.3, 0.4) is 0 Å². The van der Waals surface area contributed by atoms with Gasteiger partial charge < -0.3 is 9.30 Å². The van der Waals surface area contributed by atoms with Crippen LogP contribution in [0.4, 0.5) is 10.8 Å². The SMILES string of the molecule is COc1ccccc1Cn1c(C)c2c(cc1=O)N[NH+](c1nc3ccccc3s1)C2=O. The van der Waals surface area contributed by atoms with Crippen molar-refractivity contribution >= 4 is 38.3 Å². The number of pyridine rings is 1. The minimum absolute atomic E-state index is 0.143. The van der Waals surface area contributed by atoms with Gasteiger partial charge in [0.05, 0.1) is 23.9 Å². The number of thiazole rings is 1. The number of carbonyl (C=O) groups excluding carboxylic acids is 1. The number of rotatable bonds is 4. The third-order valence-corrected chi connectivity index (χ3v) is 6.37. The molecule has 2 N–H and O–H groups in total. The number of nitrogens with one attached hydrogen (secondary N) is 2. The first kappa shape index (κ1) is 18.5. The van der Waals surface area contributed by atoms with E-state index in [1.807, 2.05) is 48.5 Å². The molecule has 2 aromatic heterocycles. The minimum atomic E-state index is -0.178. The standard InChI is InChI=1S/C22H18N4O3S/c1-13-20-16(11-19(27)25(13)12-14-7-3-5-9-17(14)29-2)24-26(21(20)28)22-23-15-8-4-6-10-18(15)30-22/h3-11,24H,12H2,1-2H3/p+1. The summed E-state index contributed by atoms with van der Waals surface area (Å²) in [5, 5.41) is 1.05. The second kappa shape index (κ2) is 7.08. The maximum Gasteiger partial charge on any atom is 0.379 e. The van der Waals surface area contributed by atoms with E-state index in [9.17, 15) is 9.59 Å². The van der Waals surface area contributed by atoms with E-state index in [-0.39, 0.29) is 11.5 Å². The van der Waals surface area contributed by atoms with Gasteiger partial charge in [0.2, 0.25) is 0 Å². The largest absolute Gasteiger partial charge is 0.496 e. The molecule has 4 aromatic rings. The summed E-state index contributed by atoms with van der Waals surface area (Å²) in [4.78, 5) is 30.7. The lowest BCUT2D eigenvalue weighted by Gasteiger charge is -2.13. The molecule has 0 fully saturated rings. The molecule has 1 amide bonds. The van der Waals surface area contributed by atoms with Crippen molar-refractivity contribution in [3.8, 4) is 5.75 Å². The van der Waals surface area contributed by atoms with Crippen molar-refractivity contribution in [3.05, 3.63) is 81.8 Å². The number of anilines is 1. The van der Waals surface area contributed by atoms with Crippen molar-refractivity contribution in [2.75, 3.05) is 12.5 Å². The second-order valence-corrected chi connectivity index (χ2v) is 8.10. The molecule has 0 aliphatic carbocycles. The molecule has 150 valence electrons. The van der Waals surface area contributed by atoms with Crippen LogP contribution in [-0.4, -0.2) is 22.6 Å². The third kappa shape index (κ3) is 2.89. The lowest BCUT2D eigenvalue weighted by Crippen LogP contribution is -3.11. The van der Waals surface area contributed by atoms with Crippen LogP contribution < -0.4 is 20.7 Å². The topological polar surface area (TPSA) is 77.7 Å². The number of ether oxygens (including phenoxy) is 1. The van der Waals surface area contributed by atoms with Gasteiger partial charge in [-0.05, 0) is 25.1 Å². The zero-order valence-corrected chi connectivity index (χ0v) is 17.2. The number of hydrogen-bond acceptors (Lipinski definition) is 6. The molecule has 1 atom stereocenters. The first-order chi connectivity index (χ1) is 14.6. The average molecular weight is 419 g/mol. The number of fused-ring (bicyclic) bond motifs is 2. The zero-order valence-electron chi connectivity index (χ0n) is 16.4. The summed E-state index contributed by atoms with van der Waals surface area (Å²) in [5.74, 6) is 0.561. The Bertz CT molecular complexity index is 1330. The Morgan fingerprint density at radius 3 is 2.70 bits per heavy atom. The maximum absolute atomic E-state index is 13.3. The highest BCUT2D eigenvalue weighted by molar-refractivity contribution is 7.21. The van der Waals surface area contributed by atoms with Crippen LogP contribution in [0.2, 0.25) is 0 Å². The van der Waals surface area contributed by atoms with Crippen LogP contribution in [0.15, 0.2) is 59.4 Å². The molecule has 0 saturated carbocycles. The summed E-state index contributed by atoms with van der Waals surface area (Å²) in [5.41, 5.74) is 6.35. The number of carbonyl (C=O) groups is 1. The van der Waals surface area contributed by atoms with Gasteiger partial charge in [0.1, 0.15) is 17.0 Å². The molecule has 2 aromatic carbocycles. The number of para-hydroxylation sites is 2. The summed E-state index contributed by atoms with van der Waals surface area (Å²) in [6, 6.07) is 16.8. The smallest absolute Gasteiger partial charge is 0.379 e. The molecular formula is C22H19N4O3S+. The van der Waals surface area contributed by atoms with Gasteiger partial charge in [-0.2, -0.15) is 4.98 Å². The monoisotopic (exact) mass is 419 g/mol. The lowest BCUT2D eigenvalue weighted by atomic mass is 10.1. The predicted octanol–water partition coefficient (Wildman–Crippen LogP) is 2.52. The van der Waals surface area contributed by atoms with Gasteiger partial charge in [-0.3, -0.25) is 4.79 Å². The molecule has 7 nitrogen and oxygen atoms in total. The van der Waals surface area contributed by atoms with Crippen molar-refractivity contribution in [1.29, 1.82) is 0 Å². The predicted molar refractivity (Wildman–Crippen MR) is 116 cm³/mol. The number of amides is 1. The molecule has 8 heteroatoms. The fraction of sp³-hybridized carbons (Fsp3) is 0.136. The summed E-state index contributed by atoms with van der Waals surface area (Å²) in [6.45, 7) is 2.13. The van der Waals surface area contributed by atoms with Crippen LogP contribution in [0, 0.1) is 6.92 Å². The molecule has 0 radical (unpaired) electrons. The molecule has 1 aliphatic rings. The van der Waals surface area contributed by atoms with E-state index in [1.54, 1.807) is 18.6 Å². The highest BCUT2D eigenvalue weighted by Gasteiger charge is 2.39. The molecule has 5 rings (SSSR count). The minimum Gasteiger partial charge on any atom is -0.496 e. The number of nitrogens with zero attached hydrogens (tertiary/aromatic N) is 2. The molecule has 30 heavy (non-hydrogen) atoms. The van der Waals surface area contributed by atoms with E-state index in [0.717, 1.165) is 15.8 Å². The van der Waals surface area contributed by atoms with Crippen molar-refractivity contribution in [1.82, 2.24) is 9.55 Å². The van der Waals surface area contributed by atoms with Crippen LogP contribution in [0.5, 0.6) is 5.75 Å². The van der Waals surface area contributed by atoms with Gasteiger partial charge in [-0.25, -0.2) is 10.2 Å². The van der Waals surface area contributed by atoms with Gasteiger partial charge in [-0.15, -0.1) is 5.01 Å². The van der Waals surface area contributed by atoms with Crippen molar-refractivity contribution in [3.63, 3.8) is 0 Å². The Balaban J connectivity index is 1.55. The molecule has 1 unspecified atom stereocenters. The van der Waals surface area contributed by atoms with E-state index >= 15 is 0 Å². The molecule has 3 heterocycles. The van der Waals surface area contributed by atoms with Gasteiger partial charge in [0.25, 0.3) is 5.56 Å². The lowest BCUT2D eigenvalue weighted by molar-refractivity contribution is -0.709. The summed E-state index contributed by atoms with van der Waals surface area (Å²) in [6.07, 6.45) is 0.